The van der Waals surface area contributed by atoms with Gasteiger partial charge in [0.05, 0.1) is 19.3 Å². The van der Waals surface area contributed by atoms with Crippen molar-refractivity contribution in [2.24, 2.45) is 0 Å². The topological polar surface area (TPSA) is 47.3 Å². The van der Waals surface area contributed by atoms with E-state index >= 15 is 0 Å². The van der Waals surface area contributed by atoms with E-state index in [1.807, 2.05) is 60.8 Å². The van der Waals surface area contributed by atoms with E-state index in [2.05, 4.69) is 5.10 Å². The molecule has 3 rings (SSSR count). The molecule has 0 bridgehead atoms. The number of rotatable bonds is 6. The molecule has 0 fully saturated rings. The summed E-state index contributed by atoms with van der Waals surface area (Å²) in [4.78, 5) is 0. The highest BCUT2D eigenvalue weighted by Gasteiger charge is 2.02. The van der Waals surface area contributed by atoms with Crippen molar-refractivity contribution >= 4 is 0 Å². The number of nitrogens with zero attached hydrogens (tertiary/aromatic N) is 2. The summed E-state index contributed by atoms with van der Waals surface area (Å²) in [6.45, 7) is 1.17. The number of hydrogen-bond acceptors (Lipinski definition) is 3. The molecule has 0 spiro atoms. The van der Waals surface area contributed by atoms with E-state index in [-0.39, 0.29) is 6.61 Å². The Bertz CT molecular complexity index is 705. The molecule has 3 aromatic rings. The highest BCUT2D eigenvalue weighted by Crippen LogP contribution is 2.22. The highest BCUT2D eigenvalue weighted by atomic mass is 16.5. The Hall–Kier alpha value is -2.59. The average Bonchev–Trinajstić information content (AvgIpc) is 3.03. The molecule has 0 unspecified atom stereocenters. The lowest BCUT2D eigenvalue weighted by molar-refractivity contribution is 0.269. The van der Waals surface area contributed by atoms with Crippen molar-refractivity contribution in [3.8, 4) is 16.9 Å². The molecule has 1 N–H and O–H groups in total. The van der Waals surface area contributed by atoms with Crippen LogP contribution >= 0.6 is 0 Å². The molecule has 1 heterocycles. The van der Waals surface area contributed by atoms with Gasteiger partial charge in [-0.15, -0.1) is 0 Å². The van der Waals surface area contributed by atoms with Gasteiger partial charge in [0.15, 0.2) is 0 Å². The summed E-state index contributed by atoms with van der Waals surface area (Å²) >= 11 is 0. The second kappa shape index (κ2) is 6.91. The van der Waals surface area contributed by atoms with Gasteiger partial charge in [0.2, 0.25) is 0 Å². The van der Waals surface area contributed by atoms with Crippen molar-refractivity contribution in [3.05, 3.63) is 72.6 Å². The number of aromatic nitrogens is 2. The standard InChI is InChI=1S/C18H18N2O2/c21-11-10-20-13-17(12-19-20)16-6-8-18(9-7-16)22-14-15-4-2-1-3-5-15/h1-9,12-13,21H,10-11,14H2. The first-order chi connectivity index (χ1) is 10.8. The van der Waals surface area contributed by atoms with Gasteiger partial charge in [0.1, 0.15) is 12.4 Å². The molecule has 0 aliphatic heterocycles. The fourth-order valence-corrected chi connectivity index (χ4v) is 2.22. The fourth-order valence-electron chi connectivity index (χ4n) is 2.22. The summed E-state index contributed by atoms with van der Waals surface area (Å²) in [7, 11) is 0. The second-order valence-corrected chi connectivity index (χ2v) is 5.01. The van der Waals surface area contributed by atoms with Gasteiger partial charge in [-0.05, 0) is 23.3 Å². The van der Waals surface area contributed by atoms with Crippen LogP contribution in [0.4, 0.5) is 0 Å². The number of aliphatic hydroxyl groups excluding tert-OH is 1. The molecule has 1 aromatic heterocycles. The van der Waals surface area contributed by atoms with Crippen molar-refractivity contribution in [1.29, 1.82) is 0 Å². The Morgan fingerprint density at radius 2 is 1.73 bits per heavy atom. The van der Waals surface area contributed by atoms with Crippen LogP contribution in [-0.4, -0.2) is 21.5 Å². The smallest absolute Gasteiger partial charge is 0.119 e. The SMILES string of the molecule is OCCn1cc(-c2ccc(OCc3ccccc3)cc2)cn1. The van der Waals surface area contributed by atoms with Gasteiger partial charge < -0.3 is 9.84 Å². The van der Waals surface area contributed by atoms with Gasteiger partial charge in [-0.3, -0.25) is 4.68 Å². The zero-order valence-corrected chi connectivity index (χ0v) is 12.2. The molecule has 22 heavy (non-hydrogen) atoms. The molecule has 0 atom stereocenters. The molecular weight excluding hydrogens is 276 g/mol. The number of hydrogen-bond donors (Lipinski definition) is 1. The van der Waals surface area contributed by atoms with E-state index in [4.69, 9.17) is 9.84 Å². The molecule has 4 heteroatoms. The summed E-state index contributed by atoms with van der Waals surface area (Å²) in [6, 6.07) is 18.0. The third-order valence-electron chi connectivity index (χ3n) is 3.40. The van der Waals surface area contributed by atoms with Gasteiger partial charge in [-0.2, -0.15) is 5.10 Å². The van der Waals surface area contributed by atoms with E-state index in [1.165, 1.54) is 0 Å². The van der Waals surface area contributed by atoms with Gasteiger partial charge in [-0.1, -0.05) is 42.5 Å². The summed E-state index contributed by atoms with van der Waals surface area (Å²) in [5, 5.41) is 13.1. The number of benzene rings is 2. The second-order valence-electron chi connectivity index (χ2n) is 5.01. The predicted octanol–water partition coefficient (Wildman–Crippen LogP) is 3.12. The van der Waals surface area contributed by atoms with E-state index in [9.17, 15) is 0 Å². The first-order valence-electron chi connectivity index (χ1n) is 7.25. The molecule has 0 aliphatic rings. The predicted molar refractivity (Wildman–Crippen MR) is 85.5 cm³/mol. The zero-order chi connectivity index (χ0) is 15.2. The molecule has 4 nitrogen and oxygen atoms in total. The van der Waals surface area contributed by atoms with Crippen molar-refractivity contribution in [1.82, 2.24) is 9.78 Å². The summed E-state index contributed by atoms with van der Waals surface area (Å²) < 4.78 is 7.50. The largest absolute Gasteiger partial charge is 0.489 e. The Labute approximate surface area is 129 Å². The first-order valence-corrected chi connectivity index (χ1v) is 7.25. The van der Waals surface area contributed by atoms with Crippen LogP contribution < -0.4 is 4.74 Å². The van der Waals surface area contributed by atoms with E-state index in [1.54, 1.807) is 10.9 Å². The maximum Gasteiger partial charge on any atom is 0.119 e. The van der Waals surface area contributed by atoms with E-state index in [0.717, 1.165) is 22.4 Å². The minimum Gasteiger partial charge on any atom is -0.489 e. The maximum atomic E-state index is 8.91. The minimum atomic E-state index is 0.0907. The van der Waals surface area contributed by atoms with Crippen LogP contribution in [0.5, 0.6) is 5.75 Å². The molecule has 112 valence electrons. The monoisotopic (exact) mass is 294 g/mol. The molecule has 0 radical (unpaired) electrons. The quantitative estimate of drug-likeness (QED) is 0.760. The van der Waals surface area contributed by atoms with Gasteiger partial charge in [0, 0.05) is 11.8 Å². The van der Waals surface area contributed by atoms with Crippen molar-refractivity contribution in [3.63, 3.8) is 0 Å². The molecule has 0 saturated carbocycles. The van der Waals surface area contributed by atoms with Crippen molar-refractivity contribution < 1.29 is 9.84 Å². The molecule has 2 aromatic carbocycles. The summed E-state index contributed by atoms with van der Waals surface area (Å²) in [6.07, 6.45) is 3.73. The van der Waals surface area contributed by atoms with E-state index < -0.39 is 0 Å². The Morgan fingerprint density at radius 3 is 2.45 bits per heavy atom. The minimum absolute atomic E-state index is 0.0907. The average molecular weight is 294 g/mol. The Kier molecular flexibility index (Phi) is 4.51. The third kappa shape index (κ3) is 3.54. The fraction of sp³-hybridized carbons (Fsp3) is 0.167. The molecule has 0 saturated heterocycles. The summed E-state index contributed by atoms with van der Waals surface area (Å²) in [5.41, 5.74) is 3.26. The first kappa shape index (κ1) is 14.4. The van der Waals surface area contributed by atoms with E-state index in [0.29, 0.717) is 13.2 Å². The highest BCUT2D eigenvalue weighted by molar-refractivity contribution is 5.62. The Balaban J connectivity index is 1.64. The number of ether oxygens (including phenoxy) is 1. The third-order valence-corrected chi connectivity index (χ3v) is 3.40. The lowest BCUT2D eigenvalue weighted by Gasteiger charge is -2.06. The lowest BCUT2D eigenvalue weighted by atomic mass is 10.1. The molecule has 0 amide bonds. The summed E-state index contributed by atoms with van der Waals surface area (Å²) in [5.74, 6) is 0.843. The van der Waals surface area contributed by atoms with Crippen molar-refractivity contribution in [2.45, 2.75) is 13.2 Å². The van der Waals surface area contributed by atoms with Crippen LogP contribution in [0, 0.1) is 0 Å². The van der Waals surface area contributed by atoms with Crippen LogP contribution in [0.25, 0.3) is 11.1 Å². The van der Waals surface area contributed by atoms with Crippen LogP contribution in [0.3, 0.4) is 0 Å². The van der Waals surface area contributed by atoms with Crippen LogP contribution in [0.15, 0.2) is 67.0 Å². The van der Waals surface area contributed by atoms with Gasteiger partial charge >= 0.3 is 0 Å². The molecule has 0 aliphatic carbocycles. The Morgan fingerprint density at radius 1 is 0.955 bits per heavy atom. The van der Waals surface area contributed by atoms with Crippen molar-refractivity contribution in [2.75, 3.05) is 6.61 Å². The zero-order valence-electron chi connectivity index (χ0n) is 12.2. The van der Waals surface area contributed by atoms with Gasteiger partial charge in [-0.25, -0.2) is 0 Å². The van der Waals surface area contributed by atoms with Gasteiger partial charge in [0.25, 0.3) is 0 Å². The maximum absolute atomic E-state index is 8.91. The van der Waals surface area contributed by atoms with Crippen LogP contribution in [-0.2, 0) is 13.2 Å². The number of aliphatic hydroxyl groups is 1. The lowest BCUT2D eigenvalue weighted by Crippen LogP contribution is -2.01. The normalized spacial score (nSPS) is 10.6. The molecular formula is C18H18N2O2. The van der Waals surface area contributed by atoms with Crippen LogP contribution in [0.1, 0.15) is 5.56 Å². The van der Waals surface area contributed by atoms with Crippen LogP contribution in [0.2, 0.25) is 0 Å².